The van der Waals surface area contributed by atoms with Gasteiger partial charge in [-0.15, -0.1) is 0 Å². The van der Waals surface area contributed by atoms with Gasteiger partial charge >= 0.3 is 5.97 Å². The third-order valence-electron chi connectivity index (χ3n) is 4.16. The van der Waals surface area contributed by atoms with E-state index in [4.69, 9.17) is 9.47 Å². The lowest BCUT2D eigenvalue weighted by Crippen LogP contribution is -2.30. The van der Waals surface area contributed by atoms with Gasteiger partial charge in [-0.3, -0.25) is 4.79 Å². The first-order valence-corrected chi connectivity index (χ1v) is 6.82. The SMILES string of the molecule is O=C(O)C1(Cc2ccc3c(c2)OCCO3)CCCC1. The first kappa shape index (κ1) is 12.3. The van der Waals surface area contributed by atoms with Crippen LogP contribution in [0.3, 0.4) is 0 Å². The van der Waals surface area contributed by atoms with E-state index in [1.165, 1.54) is 0 Å². The summed E-state index contributed by atoms with van der Waals surface area (Å²) in [5.74, 6) is 0.827. The predicted octanol–water partition coefficient (Wildman–Crippen LogP) is 2.65. The molecule has 1 aliphatic heterocycles. The molecule has 0 bridgehead atoms. The van der Waals surface area contributed by atoms with Gasteiger partial charge in [-0.2, -0.15) is 0 Å². The maximum atomic E-state index is 11.6. The molecule has 0 aromatic heterocycles. The molecule has 1 aromatic carbocycles. The van der Waals surface area contributed by atoms with Crippen molar-refractivity contribution < 1.29 is 19.4 Å². The smallest absolute Gasteiger partial charge is 0.309 e. The molecule has 4 nitrogen and oxygen atoms in total. The maximum absolute atomic E-state index is 11.6. The summed E-state index contributed by atoms with van der Waals surface area (Å²) in [4.78, 5) is 11.6. The quantitative estimate of drug-likeness (QED) is 0.909. The third-order valence-corrected chi connectivity index (χ3v) is 4.16. The molecule has 19 heavy (non-hydrogen) atoms. The van der Waals surface area contributed by atoms with Gasteiger partial charge < -0.3 is 14.6 Å². The molecule has 1 saturated carbocycles. The van der Waals surface area contributed by atoms with Crippen molar-refractivity contribution in [2.45, 2.75) is 32.1 Å². The van der Waals surface area contributed by atoms with Crippen LogP contribution in [0.1, 0.15) is 31.2 Å². The van der Waals surface area contributed by atoms with Gasteiger partial charge in [0.1, 0.15) is 13.2 Å². The summed E-state index contributed by atoms with van der Waals surface area (Å²) in [6.07, 6.45) is 4.15. The van der Waals surface area contributed by atoms with Crippen LogP contribution in [-0.2, 0) is 11.2 Å². The standard InChI is InChI=1S/C15H18O4/c16-14(17)15(5-1-2-6-15)10-11-3-4-12-13(9-11)19-8-7-18-12/h3-4,9H,1-2,5-8,10H2,(H,16,17). The highest BCUT2D eigenvalue weighted by Crippen LogP contribution is 2.42. The molecule has 1 heterocycles. The second-order valence-corrected chi connectivity index (χ2v) is 5.45. The molecule has 1 N–H and O–H groups in total. The van der Waals surface area contributed by atoms with Crippen LogP contribution in [0.4, 0.5) is 0 Å². The van der Waals surface area contributed by atoms with Crippen LogP contribution in [0.25, 0.3) is 0 Å². The molecule has 0 radical (unpaired) electrons. The summed E-state index contributed by atoms with van der Waals surface area (Å²) in [6.45, 7) is 1.13. The first-order chi connectivity index (χ1) is 9.20. The van der Waals surface area contributed by atoms with E-state index in [0.717, 1.165) is 42.7 Å². The number of carboxylic acid groups (broad SMARTS) is 1. The molecular formula is C15H18O4. The number of fused-ring (bicyclic) bond motifs is 1. The van der Waals surface area contributed by atoms with Crippen LogP contribution in [0.15, 0.2) is 18.2 Å². The number of aliphatic carboxylic acids is 1. The second kappa shape index (κ2) is 4.76. The molecule has 1 aliphatic carbocycles. The van der Waals surface area contributed by atoms with Gasteiger partial charge in [-0.25, -0.2) is 0 Å². The van der Waals surface area contributed by atoms with Crippen molar-refractivity contribution in [3.63, 3.8) is 0 Å². The molecule has 0 spiro atoms. The van der Waals surface area contributed by atoms with Crippen LogP contribution in [0, 0.1) is 5.41 Å². The normalized spacial score (nSPS) is 20.2. The number of carboxylic acids is 1. The Balaban J connectivity index is 1.84. The largest absolute Gasteiger partial charge is 0.486 e. The van der Waals surface area contributed by atoms with E-state index in [1.54, 1.807) is 0 Å². The number of ether oxygens (including phenoxy) is 2. The summed E-state index contributed by atoms with van der Waals surface area (Å²) in [7, 11) is 0. The van der Waals surface area contributed by atoms with E-state index in [1.807, 2.05) is 18.2 Å². The lowest BCUT2D eigenvalue weighted by Gasteiger charge is -2.25. The van der Waals surface area contributed by atoms with E-state index < -0.39 is 11.4 Å². The molecule has 4 heteroatoms. The third kappa shape index (κ3) is 2.27. The zero-order valence-electron chi connectivity index (χ0n) is 10.9. The monoisotopic (exact) mass is 262 g/mol. The van der Waals surface area contributed by atoms with Crippen LogP contribution in [0.2, 0.25) is 0 Å². The zero-order valence-corrected chi connectivity index (χ0v) is 10.9. The van der Waals surface area contributed by atoms with Crippen molar-refractivity contribution in [2.24, 2.45) is 5.41 Å². The minimum Gasteiger partial charge on any atom is -0.486 e. The maximum Gasteiger partial charge on any atom is 0.309 e. The molecular weight excluding hydrogens is 244 g/mol. The summed E-state index contributed by atoms with van der Waals surface area (Å²) in [5.41, 5.74) is 0.442. The predicted molar refractivity (Wildman–Crippen MR) is 69.7 cm³/mol. The number of benzene rings is 1. The van der Waals surface area contributed by atoms with Gasteiger partial charge in [-0.05, 0) is 37.0 Å². The molecule has 102 valence electrons. The molecule has 1 aromatic rings. The Morgan fingerprint density at radius 1 is 1.16 bits per heavy atom. The van der Waals surface area contributed by atoms with Gasteiger partial charge in [0.2, 0.25) is 0 Å². The van der Waals surface area contributed by atoms with Crippen LogP contribution >= 0.6 is 0 Å². The van der Waals surface area contributed by atoms with E-state index in [-0.39, 0.29) is 0 Å². The first-order valence-electron chi connectivity index (χ1n) is 6.82. The molecule has 0 amide bonds. The van der Waals surface area contributed by atoms with Crippen LogP contribution in [0.5, 0.6) is 11.5 Å². The Hall–Kier alpha value is -1.71. The molecule has 3 rings (SSSR count). The fourth-order valence-electron chi connectivity index (χ4n) is 3.11. The number of rotatable bonds is 3. The highest BCUT2D eigenvalue weighted by Gasteiger charge is 2.41. The van der Waals surface area contributed by atoms with Gasteiger partial charge in [-0.1, -0.05) is 18.9 Å². The van der Waals surface area contributed by atoms with Crippen molar-refractivity contribution in [1.82, 2.24) is 0 Å². The fourth-order valence-corrected chi connectivity index (χ4v) is 3.11. The molecule has 0 unspecified atom stereocenters. The highest BCUT2D eigenvalue weighted by atomic mass is 16.6. The number of carbonyl (C=O) groups is 1. The molecule has 2 aliphatic rings. The van der Waals surface area contributed by atoms with E-state index >= 15 is 0 Å². The van der Waals surface area contributed by atoms with E-state index in [2.05, 4.69) is 0 Å². The van der Waals surface area contributed by atoms with Crippen molar-refractivity contribution in [3.05, 3.63) is 23.8 Å². The van der Waals surface area contributed by atoms with Crippen molar-refractivity contribution in [1.29, 1.82) is 0 Å². The van der Waals surface area contributed by atoms with E-state index in [0.29, 0.717) is 19.6 Å². The van der Waals surface area contributed by atoms with Gasteiger partial charge in [0.05, 0.1) is 5.41 Å². The summed E-state index contributed by atoms with van der Waals surface area (Å²) < 4.78 is 11.0. The van der Waals surface area contributed by atoms with Gasteiger partial charge in [0.25, 0.3) is 0 Å². The minimum atomic E-state index is -0.667. The Labute approximate surface area is 112 Å². The lowest BCUT2D eigenvalue weighted by molar-refractivity contribution is -0.148. The average Bonchev–Trinajstić information content (AvgIpc) is 2.88. The molecule has 0 saturated heterocycles. The Bertz CT molecular complexity index is 489. The van der Waals surface area contributed by atoms with Crippen molar-refractivity contribution >= 4 is 5.97 Å². The Morgan fingerprint density at radius 3 is 2.53 bits per heavy atom. The number of hydrogen-bond acceptors (Lipinski definition) is 3. The van der Waals surface area contributed by atoms with Crippen LogP contribution < -0.4 is 9.47 Å². The second-order valence-electron chi connectivity index (χ2n) is 5.45. The lowest BCUT2D eigenvalue weighted by atomic mass is 9.80. The number of hydrogen-bond donors (Lipinski definition) is 1. The molecule has 0 atom stereocenters. The molecule has 1 fully saturated rings. The average molecular weight is 262 g/mol. The fraction of sp³-hybridized carbons (Fsp3) is 0.533. The van der Waals surface area contributed by atoms with Crippen LogP contribution in [-0.4, -0.2) is 24.3 Å². The van der Waals surface area contributed by atoms with Crippen molar-refractivity contribution in [2.75, 3.05) is 13.2 Å². The Kier molecular flexibility index (Phi) is 3.09. The zero-order chi connectivity index (χ0) is 13.3. The summed E-state index contributed by atoms with van der Waals surface area (Å²) in [5, 5.41) is 9.51. The topological polar surface area (TPSA) is 55.8 Å². The highest BCUT2D eigenvalue weighted by molar-refractivity contribution is 5.75. The summed E-state index contributed by atoms with van der Waals surface area (Å²) in [6, 6.07) is 5.77. The van der Waals surface area contributed by atoms with Crippen molar-refractivity contribution in [3.8, 4) is 11.5 Å². The summed E-state index contributed by atoms with van der Waals surface area (Å²) >= 11 is 0. The van der Waals surface area contributed by atoms with Gasteiger partial charge in [0.15, 0.2) is 11.5 Å². The minimum absolute atomic E-state index is 0.556. The van der Waals surface area contributed by atoms with Gasteiger partial charge in [0, 0.05) is 0 Å². The van der Waals surface area contributed by atoms with E-state index in [9.17, 15) is 9.90 Å². The Morgan fingerprint density at radius 2 is 1.84 bits per heavy atom.